The third-order valence-electron chi connectivity index (χ3n) is 4.04. The van der Waals surface area contributed by atoms with Gasteiger partial charge in [-0.05, 0) is 19.1 Å². The number of rotatable bonds is 6. The third kappa shape index (κ3) is 5.15. The average Bonchev–Trinajstić information content (AvgIpc) is 3.12. The summed E-state index contributed by atoms with van der Waals surface area (Å²) in [6.45, 7) is 1.56. The Hall–Kier alpha value is -3.40. The highest BCUT2D eigenvalue weighted by atomic mass is 32.1. The SMILES string of the molecule is Cc1nc(-c2ccccc2)sc1CNC(=O)NCC(=O)Nc1ccc(F)c(F)c1F. The molecule has 10 heteroatoms. The second-order valence-electron chi connectivity index (χ2n) is 6.20. The summed E-state index contributed by atoms with van der Waals surface area (Å²) >= 11 is 1.44. The second-order valence-corrected chi connectivity index (χ2v) is 7.28. The lowest BCUT2D eigenvalue weighted by molar-refractivity contribution is -0.115. The number of hydrogen-bond donors (Lipinski definition) is 3. The van der Waals surface area contributed by atoms with E-state index >= 15 is 0 Å². The van der Waals surface area contributed by atoms with E-state index in [0.717, 1.165) is 27.2 Å². The number of aromatic nitrogens is 1. The van der Waals surface area contributed by atoms with Crippen LogP contribution in [0.5, 0.6) is 0 Å². The highest BCUT2D eigenvalue weighted by Gasteiger charge is 2.16. The van der Waals surface area contributed by atoms with Crippen LogP contribution in [0.1, 0.15) is 10.6 Å². The van der Waals surface area contributed by atoms with Gasteiger partial charge in [0, 0.05) is 10.4 Å². The Balaban J connectivity index is 1.49. The first-order valence-corrected chi connectivity index (χ1v) is 9.63. The van der Waals surface area contributed by atoms with Gasteiger partial charge >= 0.3 is 6.03 Å². The van der Waals surface area contributed by atoms with Gasteiger partial charge in [0.15, 0.2) is 17.5 Å². The summed E-state index contributed by atoms with van der Waals surface area (Å²) in [5, 5.41) is 7.82. The number of thiazole rings is 1. The number of anilines is 1. The summed E-state index contributed by atoms with van der Waals surface area (Å²) in [4.78, 5) is 29.1. The van der Waals surface area contributed by atoms with Crippen molar-refractivity contribution in [3.8, 4) is 10.6 Å². The molecule has 3 N–H and O–H groups in total. The van der Waals surface area contributed by atoms with Crippen LogP contribution in [0.2, 0.25) is 0 Å². The van der Waals surface area contributed by atoms with Gasteiger partial charge in [0.1, 0.15) is 5.01 Å². The molecule has 3 amide bonds. The van der Waals surface area contributed by atoms with Crippen molar-refractivity contribution in [3.63, 3.8) is 0 Å². The number of benzene rings is 2. The van der Waals surface area contributed by atoms with Crippen molar-refractivity contribution in [3.05, 3.63) is 70.5 Å². The Morgan fingerprint density at radius 1 is 1.00 bits per heavy atom. The number of hydrogen-bond acceptors (Lipinski definition) is 4. The predicted octanol–water partition coefficient (Wildman–Crippen LogP) is 3.97. The standard InChI is InChI=1S/C20H17F3N4O2S/c1-11-15(30-19(26-11)12-5-3-2-4-6-12)9-24-20(29)25-10-16(28)27-14-8-7-13(21)17(22)18(14)23/h2-8H,9-10H2,1H3,(H,27,28)(H2,24,25,29). The van der Waals surface area contributed by atoms with E-state index in [1.165, 1.54) is 11.3 Å². The van der Waals surface area contributed by atoms with Gasteiger partial charge in [-0.25, -0.2) is 22.9 Å². The lowest BCUT2D eigenvalue weighted by Gasteiger charge is -2.09. The first kappa shape index (κ1) is 21.3. The van der Waals surface area contributed by atoms with Crippen LogP contribution in [0.4, 0.5) is 23.7 Å². The van der Waals surface area contributed by atoms with Gasteiger partial charge in [0.2, 0.25) is 5.91 Å². The van der Waals surface area contributed by atoms with Crippen molar-refractivity contribution in [2.24, 2.45) is 0 Å². The third-order valence-corrected chi connectivity index (χ3v) is 5.25. The zero-order valence-electron chi connectivity index (χ0n) is 15.8. The normalized spacial score (nSPS) is 10.5. The Morgan fingerprint density at radius 2 is 1.73 bits per heavy atom. The first-order valence-electron chi connectivity index (χ1n) is 8.82. The van der Waals surface area contributed by atoms with Gasteiger partial charge in [0.25, 0.3) is 0 Å². The number of aryl methyl sites for hydroxylation is 1. The van der Waals surface area contributed by atoms with E-state index in [-0.39, 0.29) is 6.54 Å². The number of carbonyl (C=O) groups is 2. The number of halogens is 3. The van der Waals surface area contributed by atoms with Crippen LogP contribution in [-0.4, -0.2) is 23.5 Å². The molecule has 156 valence electrons. The Bertz CT molecular complexity index is 1070. The van der Waals surface area contributed by atoms with E-state index in [0.29, 0.717) is 6.07 Å². The minimum Gasteiger partial charge on any atom is -0.333 e. The van der Waals surface area contributed by atoms with Gasteiger partial charge in [-0.15, -0.1) is 11.3 Å². The van der Waals surface area contributed by atoms with Gasteiger partial charge in [-0.1, -0.05) is 30.3 Å². The van der Waals surface area contributed by atoms with E-state index < -0.39 is 41.6 Å². The van der Waals surface area contributed by atoms with Crippen molar-refractivity contribution >= 4 is 29.0 Å². The Labute approximate surface area is 174 Å². The van der Waals surface area contributed by atoms with E-state index in [2.05, 4.69) is 20.9 Å². The highest BCUT2D eigenvalue weighted by Crippen LogP contribution is 2.27. The van der Waals surface area contributed by atoms with Crippen molar-refractivity contribution in [2.45, 2.75) is 13.5 Å². The summed E-state index contributed by atoms with van der Waals surface area (Å²) in [7, 11) is 0. The monoisotopic (exact) mass is 434 g/mol. The molecule has 0 atom stereocenters. The zero-order valence-corrected chi connectivity index (χ0v) is 16.6. The maximum Gasteiger partial charge on any atom is 0.315 e. The van der Waals surface area contributed by atoms with Crippen LogP contribution in [0, 0.1) is 24.4 Å². The van der Waals surface area contributed by atoms with Gasteiger partial charge in [-0.2, -0.15) is 0 Å². The number of amides is 3. The molecule has 0 aliphatic carbocycles. The summed E-state index contributed by atoms with van der Waals surface area (Å²) < 4.78 is 39.6. The van der Waals surface area contributed by atoms with E-state index in [4.69, 9.17) is 0 Å². The Morgan fingerprint density at radius 3 is 2.47 bits per heavy atom. The molecule has 0 saturated heterocycles. The Kier molecular flexibility index (Phi) is 6.68. The summed E-state index contributed by atoms with van der Waals surface area (Å²) in [5.41, 5.74) is 1.24. The highest BCUT2D eigenvalue weighted by molar-refractivity contribution is 7.15. The molecule has 3 aromatic rings. The molecular formula is C20H17F3N4O2S. The topological polar surface area (TPSA) is 83.1 Å². The lowest BCUT2D eigenvalue weighted by Crippen LogP contribution is -2.39. The summed E-state index contributed by atoms with van der Waals surface area (Å²) in [6.07, 6.45) is 0. The number of urea groups is 1. The van der Waals surface area contributed by atoms with Gasteiger partial charge in [0.05, 0.1) is 24.5 Å². The number of nitrogens with one attached hydrogen (secondary N) is 3. The molecular weight excluding hydrogens is 417 g/mol. The van der Waals surface area contributed by atoms with Crippen LogP contribution in [-0.2, 0) is 11.3 Å². The smallest absolute Gasteiger partial charge is 0.315 e. The molecule has 1 aromatic heterocycles. The number of nitrogens with zero attached hydrogens (tertiary/aromatic N) is 1. The molecule has 1 heterocycles. The minimum absolute atomic E-state index is 0.210. The molecule has 3 rings (SSSR count). The molecule has 0 radical (unpaired) electrons. The largest absolute Gasteiger partial charge is 0.333 e. The maximum absolute atomic E-state index is 13.6. The van der Waals surface area contributed by atoms with Crippen molar-refractivity contribution in [2.75, 3.05) is 11.9 Å². The molecule has 0 spiro atoms. The molecule has 2 aromatic carbocycles. The van der Waals surface area contributed by atoms with Crippen LogP contribution in [0.25, 0.3) is 10.6 Å². The van der Waals surface area contributed by atoms with E-state index in [1.807, 2.05) is 37.3 Å². The molecule has 0 bridgehead atoms. The molecule has 30 heavy (non-hydrogen) atoms. The molecule has 0 aliphatic heterocycles. The molecule has 0 fully saturated rings. The quantitative estimate of drug-likeness (QED) is 0.514. The fourth-order valence-electron chi connectivity index (χ4n) is 2.50. The van der Waals surface area contributed by atoms with Crippen LogP contribution in [0.3, 0.4) is 0 Å². The fraction of sp³-hybridized carbons (Fsp3) is 0.150. The number of carbonyl (C=O) groups excluding carboxylic acids is 2. The van der Waals surface area contributed by atoms with E-state index in [9.17, 15) is 22.8 Å². The minimum atomic E-state index is -1.69. The maximum atomic E-state index is 13.6. The van der Waals surface area contributed by atoms with Crippen LogP contribution in [0.15, 0.2) is 42.5 Å². The first-order chi connectivity index (χ1) is 14.3. The zero-order chi connectivity index (χ0) is 21.7. The second kappa shape index (κ2) is 9.40. The van der Waals surface area contributed by atoms with Crippen molar-refractivity contribution in [1.82, 2.24) is 15.6 Å². The average molecular weight is 434 g/mol. The van der Waals surface area contributed by atoms with E-state index in [1.54, 1.807) is 0 Å². The fourth-order valence-corrected chi connectivity index (χ4v) is 3.50. The molecule has 6 nitrogen and oxygen atoms in total. The van der Waals surface area contributed by atoms with Gasteiger partial charge < -0.3 is 16.0 Å². The molecule has 0 aliphatic rings. The summed E-state index contributed by atoms with van der Waals surface area (Å²) in [5.74, 6) is -5.36. The summed E-state index contributed by atoms with van der Waals surface area (Å²) in [6, 6.07) is 10.6. The molecule has 0 unspecified atom stereocenters. The molecule has 0 saturated carbocycles. The van der Waals surface area contributed by atoms with Crippen molar-refractivity contribution < 1.29 is 22.8 Å². The predicted molar refractivity (Wildman–Crippen MR) is 107 cm³/mol. The van der Waals surface area contributed by atoms with Crippen LogP contribution < -0.4 is 16.0 Å². The van der Waals surface area contributed by atoms with Gasteiger partial charge in [-0.3, -0.25) is 4.79 Å². The lowest BCUT2D eigenvalue weighted by atomic mass is 10.2. The van der Waals surface area contributed by atoms with Crippen LogP contribution >= 0.6 is 11.3 Å². The van der Waals surface area contributed by atoms with Crippen molar-refractivity contribution in [1.29, 1.82) is 0 Å².